The third-order valence-electron chi connectivity index (χ3n) is 4.12. The molecule has 0 heterocycles. The molecule has 0 amide bonds. The number of ketones is 1. The highest BCUT2D eigenvalue weighted by Gasteiger charge is 2.21. The van der Waals surface area contributed by atoms with Gasteiger partial charge in [-0.05, 0) is 73.7 Å². The number of ether oxygens (including phenoxy) is 1. The highest BCUT2D eigenvalue weighted by Crippen LogP contribution is 2.23. The summed E-state index contributed by atoms with van der Waals surface area (Å²) in [6.45, 7) is 1.52. The number of rotatable bonds is 4. The van der Waals surface area contributed by atoms with Crippen LogP contribution in [-0.2, 0) is 17.6 Å². The second-order valence-corrected chi connectivity index (χ2v) is 5.76. The van der Waals surface area contributed by atoms with Crippen LogP contribution in [-0.4, -0.2) is 17.9 Å². The van der Waals surface area contributed by atoms with Crippen LogP contribution in [0.3, 0.4) is 0 Å². The van der Waals surface area contributed by atoms with E-state index in [2.05, 4.69) is 0 Å². The summed E-state index contributed by atoms with van der Waals surface area (Å²) in [5, 5.41) is 0. The van der Waals surface area contributed by atoms with Crippen molar-refractivity contribution >= 4 is 11.8 Å². The number of hydrogen-bond donors (Lipinski definition) is 0. The van der Waals surface area contributed by atoms with E-state index >= 15 is 0 Å². The Morgan fingerprint density at radius 1 is 1.00 bits per heavy atom. The number of benzene rings is 2. The monoisotopic (exact) mass is 312 g/mol. The zero-order valence-electron chi connectivity index (χ0n) is 12.8. The highest BCUT2D eigenvalue weighted by atomic mass is 19.1. The van der Waals surface area contributed by atoms with Gasteiger partial charge in [-0.1, -0.05) is 6.07 Å². The minimum absolute atomic E-state index is 0.320. The largest absolute Gasteiger partial charge is 0.451 e. The first-order valence-corrected chi connectivity index (χ1v) is 7.67. The van der Waals surface area contributed by atoms with E-state index in [1.54, 1.807) is 6.07 Å². The molecule has 1 aliphatic rings. The zero-order chi connectivity index (χ0) is 16.4. The zero-order valence-corrected chi connectivity index (χ0v) is 12.8. The number of hydrogen-bond acceptors (Lipinski definition) is 3. The number of aryl methyl sites for hydroxylation is 2. The second kappa shape index (κ2) is 6.32. The van der Waals surface area contributed by atoms with Gasteiger partial charge >= 0.3 is 5.97 Å². The maximum absolute atomic E-state index is 12.9. The van der Waals surface area contributed by atoms with E-state index in [9.17, 15) is 14.0 Å². The van der Waals surface area contributed by atoms with Gasteiger partial charge in [0.15, 0.2) is 6.10 Å². The van der Waals surface area contributed by atoms with E-state index in [0.29, 0.717) is 11.1 Å². The van der Waals surface area contributed by atoms with Gasteiger partial charge < -0.3 is 4.74 Å². The lowest BCUT2D eigenvalue weighted by atomic mass is 10.1. The fraction of sp³-hybridized carbons (Fsp3) is 0.263. The Labute approximate surface area is 134 Å². The molecule has 0 N–H and O–H groups in total. The van der Waals surface area contributed by atoms with Crippen LogP contribution in [0, 0.1) is 5.82 Å². The van der Waals surface area contributed by atoms with Crippen molar-refractivity contribution in [2.45, 2.75) is 32.3 Å². The summed E-state index contributed by atoms with van der Waals surface area (Å²) in [5.74, 6) is -1.27. The highest BCUT2D eigenvalue weighted by molar-refractivity contribution is 6.01. The predicted octanol–water partition coefficient (Wildman–Crippen LogP) is 3.74. The molecule has 1 atom stereocenters. The Balaban J connectivity index is 1.69. The van der Waals surface area contributed by atoms with Crippen LogP contribution in [0.4, 0.5) is 4.39 Å². The number of carbonyl (C=O) groups is 2. The molecule has 0 bridgehead atoms. The summed E-state index contributed by atoms with van der Waals surface area (Å²) in [6, 6.07) is 10.7. The number of esters is 1. The molecule has 0 aliphatic heterocycles. The molecule has 3 nitrogen and oxygen atoms in total. The second-order valence-electron chi connectivity index (χ2n) is 5.76. The molecule has 23 heavy (non-hydrogen) atoms. The van der Waals surface area contributed by atoms with Gasteiger partial charge in [0.2, 0.25) is 5.78 Å². The number of halogens is 1. The third kappa shape index (κ3) is 3.31. The molecule has 0 aromatic heterocycles. The molecule has 0 spiro atoms. The molecule has 0 radical (unpaired) electrons. The van der Waals surface area contributed by atoms with Crippen molar-refractivity contribution in [2.75, 3.05) is 0 Å². The summed E-state index contributed by atoms with van der Waals surface area (Å²) in [5.41, 5.74) is 3.24. The molecule has 0 unspecified atom stereocenters. The van der Waals surface area contributed by atoms with E-state index < -0.39 is 17.9 Å². The van der Waals surface area contributed by atoms with Gasteiger partial charge in [0.1, 0.15) is 5.82 Å². The van der Waals surface area contributed by atoms with Crippen LogP contribution >= 0.6 is 0 Å². The lowest BCUT2D eigenvalue weighted by Gasteiger charge is -2.13. The fourth-order valence-corrected chi connectivity index (χ4v) is 2.83. The number of Topliss-reactive ketones (excluding diaryl/α,β-unsaturated/α-hetero) is 1. The minimum atomic E-state index is -0.916. The average Bonchev–Trinajstić information content (AvgIpc) is 3.02. The van der Waals surface area contributed by atoms with Gasteiger partial charge in [0.05, 0.1) is 5.56 Å². The molecule has 0 fully saturated rings. The van der Waals surface area contributed by atoms with E-state index in [1.807, 2.05) is 12.1 Å². The molecule has 0 saturated heterocycles. The van der Waals surface area contributed by atoms with Crippen LogP contribution < -0.4 is 0 Å². The van der Waals surface area contributed by atoms with Crippen molar-refractivity contribution in [3.8, 4) is 0 Å². The van der Waals surface area contributed by atoms with E-state index in [1.165, 1.54) is 42.3 Å². The normalized spacial score (nSPS) is 14.2. The Morgan fingerprint density at radius 2 is 1.65 bits per heavy atom. The molecular weight excluding hydrogens is 295 g/mol. The first-order chi connectivity index (χ1) is 11.0. The van der Waals surface area contributed by atoms with Gasteiger partial charge in [-0.15, -0.1) is 0 Å². The molecule has 1 aliphatic carbocycles. The summed E-state index contributed by atoms with van der Waals surface area (Å²) in [6.07, 6.45) is 2.21. The number of carbonyl (C=O) groups excluding carboxylic acids is 2. The van der Waals surface area contributed by atoms with Crippen LogP contribution in [0.5, 0.6) is 0 Å². The number of fused-ring (bicyclic) bond motifs is 1. The van der Waals surface area contributed by atoms with Gasteiger partial charge in [0, 0.05) is 5.56 Å². The maximum atomic E-state index is 12.9. The lowest BCUT2D eigenvalue weighted by molar-refractivity contribution is 0.0318. The summed E-state index contributed by atoms with van der Waals surface area (Å²) < 4.78 is 18.2. The molecule has 118 valence electrons. The van der Waals surface area contributed by atoms with Crippen molar-refractivity contribution in [3.63, 3.8) is 0 Å². The van der Waals surface area contributed by atoms with E-state index in [4.69, 9.17) is 4.74 Å². The van der Waals surface area contributed by atoms with Crippen LogP contribution in [0.15, 0.2) is 42.5 Å². The van der Waals surface area contributed by atoms with Gasteiger partial charge in [-0.25, -0.2) is 9.18 Å². The Kier molecular flexibility index (Phi) is 4.24. The Morgan fingerprint density at radius 3 is 2.39 bits per heavy atom. The van der Waals surface area contributed by atoms with Crippen molar-refractivity contribution < 1.29 is 18.7 Å². The first-order valence-electron chi connectivity index (χ1n) is 7.67. The van der Waals surface area contributed by atoms with Crippen molar-refractivity contribution in [3.05, 3.63) is 70.5 Å². The van der Waals surface area contributed by atoms with E-state index in [-0.39, 0.29) is 5.78 Å². The lowest BCUT2D eigenvalue weighted by Crippen LogP contribution is -2.24. The standard InChI is InChI=1S/C19H17FO3/c1-12(18(21)14-7-9-17(20)10-8-14)23-19(22)16-6-5-13-3-2-4-15(13)11-16/h5-12H,2-4H2,1H3/t12-/m0/s1. The van der Waals surface area contributed by atoms with Gasteiger partial charge in [-0.2, -0.15) is 0 Å². The average molecular weight is 312 g/mol. The topological polar surface area (TPSA) is 43.4 Å². The maximum Gasteiger partial charge on any atom is 0.338 e. The summed E-state index contributed by atoms with van der Waals surface area (Å²) >= 11 is 0. The Bertz CT molecular complexity index is 750. The van der Waals surface area contributed by atoms with Crippen LogP contribution in [0.2, 0.25) is 0 Å². The van der Waals surface area contributed by atoms with Gasteiger partial charge in [-0.3, -0.25) is 4.79 Å². The molecular formula is C19H17FO3. The van der Waals surface area contributed by atoms with Crippen molar-refractivity contribution in [1.29, 1.82) is 0 Å². The summed E-state index contributed by atoms with van der Waals surface area (Å²) in [4.78, 5) is 24.4. The first kappa shape index (κ1) is 15.4. The molecule has 2 aromatic rings. The molecule has 4 heteroatoms. The Hall–Kier alpha value is -2.49. The van der Waals surface area contributed by atoms with Gasteiger partial charge in [0.25, 0.3) is 0 Å². The fourth-order valence-electron chi connectivity index (χ4n) is 2.83. The molecule has 3 rings (SSSR count). The predicted molar refractivity (Wildman–Crippen MR) is 84.1 cm³/mol. The van der Waals surface area contributed by atoms with E-state index in [0.717, 1.165) is 19.3 Å². The molecule has 2 aromatic carbocycles. The van der Waals surface area contributed by atoms with Crippen LogP contribution in [0.25, 0.3) is 0 Å². The molecule has 0 saturated carbocycles. The SMILES string of the molecule is C[C@H](OC(=O)c1ccc2c(c1)CCC2)C(=O)c1ccc(F)cc1. The van der Waals surface area contributed by atoms with Crippen molar-refractivity contribution in [1.82, 2.24) is 0 Å². The van der Waals surface area contributed by atoms with Crippen molar-refractivity contribution in [2.24, 2.45) is 0 Å². The summed E-state index contributed by atoms with van der Waals surface area (Å²) in [7, 11) is 0. The minimum Gasteiger partial charge on any atom is -0.451 e. The third-order valence-corrected chi connectivity index (χ3v) is 4.12. The van der Waals surface area contributed by atoms with Crippen LogP contribution in [0.1, 0.15) is 45.2 Å². The smallest absolute Gasteiger partial charge is 0.338 e. The quantitative estimate of drug-likeness (QED) is 0.638.